The molecule has 0 aliphatic rings. The molecule has 0 bridgehead atoms. The van der Waals surface area contributed by atoms with E-state index in [0.29, 0.717) is 12.1 Å². The van der Waals surface area contributed by atoms with Crippen LogP contribution in [0.1, 0.15) is 15.9 Å². The van der Waals surface area contributed by atoms with Crippen molar-refractivity contribution < 1.29 is 4.79 Å². The number of hydrogen-bond acceptors (Lipinski definition) is 3. The van der Waals surface area contributed by atoms with Gasteiger partial charge in [0.05, 0.1) is 0 Å². The molecule has 0 spiro atoms. The van der Waals surface area contributed by atoms with Gasteiger partial charge in [-0.3, -0.25) is 9.78 Å². The van der Waals surface area contributed by atoms with Crippen LogP contribution in [0.4, 0.5) is 0 Å². The zero-order valence-electron chi connectivity index (χ0n) is 11.6. The number of aromatic nitrogens is 1. The smallest absolute Gasteiger partial charge is 0.251 e. The van der Waals surface area contributed by atoms with Gasteiger partial charge in [-0.05, 0) is 47.3 Å². The fourth-order valence-electron chi connectivity index (χ4n) is 2.05. The average Bonchev–Trinajstić information content (AvgIpc) is 3.08. The minimum atomic E-state index is -0.0889. The van der Waals surface area contributed by atoms with Gasteiger partial charge in [-0.25, -0.2) is 0 Å². The Labute approximate surface area is 141 Å². The summed E-state index contributed by atoms with van der Waals surface area (Å²) in [7, 11) is 0. The van der Waals surface area contributed by atoms with Crippen LogP contribution in [-0.4, -0.2) is 10.9 Å². The topological polar surface area (TPSA) is 42.0 Å². The van der Waals surface area contributed by atoms with Crippen molar-refractivity contribution in [3.63, 3.8) is 0 Å². The fraction of sp³-hybridized carbons (Fsp3) is 0.0588. The van der Waals surface area contributed by atoms with Gasteiger partial charge in [-0.2, -0.15) is 0 Å². The van der Waals surface area contributed by atoms with Gasteiger partial charge in [0, 0.05) is 39.4 Å². The molecule has 1 amide bonds. The number of carbonyl (C=O) groups excluding carboxylic acids is 1. The first kappa shape index (κ1) is 14.9. The lowest BCUT2D eigenvalue weighted by Gasteiger charge is -2.06. The molecule has 2 aromatic heterocycles. The first-order valence-corrected chi connectivity index (χ1v) is 8.41. The molecule has 0 unspecified atom stereocenters. The molecule has 110 valence electrons. The summed E-state index contributed by atoms with van der Waals surface area (Å²) in [4.78, 5) is 17.5. The second-order valence-electron chi connectivity index (χ2n) is 4.75. The Morgan fingerprint density at radius 3 is 2.73 bits per heavy atom. The second-order valence-corrected chi connectivity index (χ2v) is 6.61. The van der Waals surface area contributed by atoms with Crippen LogP contribution < -0.4 is 5.32 Å². The lowest BCUT2D eigenvalue weighted by atomic mass is 10.1. The molecule has 0 aliphatic carbocycles. The minimum Gasteiger partial charge on any atom is -0.348 e. The van der Waals surface area contributed by atoms with E-state index >= 15 is 0 Å². The number of carbonyl (C=O) groups is 1. The van der Waals surface area contributed by atoms with E-state index < -0.39 is 0 Å². The second kappa shape index (κ2) is 6.85. The van der Waals surface area contributed by atoms with Gasteiger partial charge in [0.1, 0.15) is 0 Å². The van der Waals surface area contributed by atoms with Crippen molar-refractivity contribution in [3.05, 3.63) is 75.8 Å². The molecule has 3 rings (SSSR count). The van der Waals surface area contributed by atoms with Crippen LogP contribution >= 0.6 is 27.3 Å². The van der Waals surface area contributed by atoms with E-state index in [9.17, 15) is 4.79 Å². The Morgan fingerprint density at radius 1 is 1.18 bits per heavy atom. The molecule has 0 fully saturated rings. The summed E-state index contributed by atoms with van der Waals surface area (Å²) in [5.41, 5.74) is 2.70. The molecule has 0 saturated carbocycles. The SMILES string of the molecule is O=C(NCc1cncc(-c2cccs2)c1)c1ccc(Br)cc1. The van der Waals surface area contributed by atoms with E-state index in [1.807, 2.05) is 29.8 Å². The van der Waals surface area contributed by atoms with Crippen molar-refractivity contribution in [1.29, 1.82) is 0 Å². The highest BCUT2D eigenvalue weighted by Gasteiger charge is 2.06. The van der Waals surface area contributed by atoms with Crippen LogP contribution in [-0.2, 0) is 6.54 Å². The number of amides is 1. The van der Waals surface area contributed by atoms with E-state index in [-0.39, 0.29) is 5.91 Å². The Hall–Kier alpha value is -1.98. The largest absolute Gasteiger partial charge is 0.348 e. The summed E-state index contributed by atoms with van der Waals surface area (Å²) in [5, 5.41) is 4.96. The van der Waals surface area contributed by atoms with Crippen LogP contribution in [0.5, 0.6) is 0 Å². The number of thiophene rings is 1. The number of hydrogen-bond donors (Lipinski definition) is 1. The zero-order valence-corrected chi connectivity index (χ0v) is 14.0. The Morgan fingerprint density at radius 2 is 2.00 bits per heavy atom. The van der Waals surface area contributed by atoms with Crippen molar-refractivity contribution in [3.8, 4) is 10.4 Å². The molecule has 0 saturated heterocycles. The molecular weight excluding hydrogens is 360 g/mol. The summed E-state index contributed by atoms with van der Waals surface area (Å²) in [5.74, 6) is -0.0889. The number of nitrogens with one attached hydrogen (secondary N) is 1. The zero-order chi connectivity index (χ0) is 15.4. The van der Waals surface area contributed by atoms with Crippen LogP contribution in [0.25, 0.3) is 10.4 Å². The van der Waals surface area contributed by atoms with Crippen LogP contribution in [0.2, 0.25) is 0 Å². The quantitative estimate of drug-likeness (QED) is 0.732. The maximum Gasteiger partial charge on any atom is 0.251 e. The fourth-order valence-corrected chi connectivity index (χ4v) is 3.02. The molecule has 1 N–H and O–H groups in total. The van der Waals surface area contributed by atoms with Gasteiger partial charge in [-0.15, -0.1) is 11.3 Å². The molecule has 1 aromatic carbocycles. The highest BCUT2D eigenvalue weighted by Crippen LogP contribution is 2.24. The number of rotatable bonds is 4. The molecule has 0 radical (unpaired) electrons. The van der Waals surface area contributed by atoms with Gasteiger partial charge in [-0.1, -0.05) is 22.0 Å². The molecule has 0 aliphatic heterocycles. The normalized spacial score (nSPS) is 10.4. The third-order valence-electron chi connectivity index (χ3n) is 3.16. The maximum atomic E-state index is 12.1. The molecular formula is C17H13BrN2OS. The number of benzene rings is 1. The Bertz CT molecular complexity index is 770. The van der Waals surface area contributed by atoms with Gasteiger partial charge < -0.3 is 5.32 Å². The van der Waals surface area contributed by atoms with E-state index in [1.54, 1.807) is 29.7 Å². The van der Waals surface area contributed by atoms with Gasteiger partial charge >= 0.3 is 0 Å². The van der Waals surface area contributed by atoms with Crippen LogP contribution in [0.15, 0.2) is 64.7 Å². The monoisotopic (exact) mass is 372 g/mol. The maximum absolute atomic E-state index is 12.1. The van der Waals surface area contributed by atoms with Crippen molar-refractivity contribution in [1.82, 2.24) is 10.3 Å². The van der Waals surface area contributed by atoms with Crippen molar-refractivity contribution in [2.75, 3.05) is 0 Å². The van der Waals surface area contributed by atoms with Crippen molar-refractivity contribution >= 4 is 33.2 Å². The van der Waals surface area contributed by atoms with E-state index in [1.165, 1.54) is 4.88 Å². The molecule has 5 heteroatoms. The lowest BCUT2D eigenvalue weighted by Crippen LogP contribution is -2.22. The van der Waals surface area contributed by atoms with Crippen molar-refractivity contribution in [2.24, 2.45) is 0 Å². The van der Waals surface area contributed by atoms with E-state index in [0.717, 1.165) is 15.6 Å². The third kappa shape index (κ3) is 3.61. The summed E-state index contributed by atoms with van der Waals surface area (Å²) in [6, 6.07) is 13.4. The summed E-state index contributed by atoms with van der Waals surface area (Å²) < 4.78 is 0.955. The molecule has 2 heterocycles. The minimum absolute atomic E-state index is 0.0889. The molecule has 22 heavy (non-hydrogen) atoms. The first-order chi connectivity index (χ1) is 10.7. The Kier molecular flexibility index (Phi) is 4.65. The molecule has 3 nitrogen and oxygen atoms in total. The molecule has 3 aromatic rings. The van der Waals surface area contributed by atoms with Crippen LogP contribution in [0.3, 0.4) is 0 Å². The summed E-state index contributed by atoms with van der Waals surface area (Å²) in [6.45, 7) is 0.459. The first-order valence-electron chi connectivity index (χ1n) is 6.74. The summed E-state index contributed by atoms with van der Waals surface area (Å²) in [6.07, 6.45) is 3.62. The standard InChI is InChI=1S/C17H13BrN2OS/c18-15-5-3-13(4-6-15)17(21)20-10-12-8-14(11-19-9-12)16-2-1-7-22-16/h1-9,11H,10H2,(H,20,21). The van der Waals surface area contributed by atoms with Crippen LogP contribution in [0, 0.1) is 0 Å². The molecule has 0 atom stereocenters. The summed E-state index contributed by atoms with van der Waals surface area (Å²) >= 11 is 5.03. The lowest BCUT2D eigenvalue weighted by molar-refractivity contribution is 0.0951. The van der Waals surface area contributed by atoms with E-state index in [2.05, 4.69) is 38.4 Å². The Balaban J connectivity index is 1.67. The average molecular weight is 373 g/mol. The number of pyridine rings is 1. The van der Waals surface area contributed by atoms with Gasteiger partial charge in [0.25, 0.3) is 5.91 Å². The van der Waals surface area contributed by atoms with Gasteiger partial charge in [0.2, 0.25) is 0 Å². The van der Waals surface area contributed by atoms with E-state index in [4.69, 9.17) is 0 Å². The predicted octanol–water partition coefficient (Wildman–Crippen LogP) is 4.50. The third-order valence-corrected chi connectivity index (χ3v) is 4.61. The predicted molar refractivity (Wildman–Crippen MR) is 92.9 cm³/mol. The number of nitrogens with zero attached hydrogens (tertiary/aromatic N) is 1. The van der Waals surface area contributed by atoms with Crippen molar-refractivity contribution in [2.45, 2.75) is 6.54 Å². The number of halogens is 1. The highest BCUT2D eigenvalue weighted by atomic mass is 79.9. The highest BCUT2D eigenvalue weighted by molar-refractivity contribution is 9.10. The van der Waals surface area contributed by atoms with Gasteiger partial charge in [0.15, 0.2) is 0 Å².